The number of thioether (sulfide) groups is 1. The molecule has 0 aliphatic rings. The minimum Gasteiger partial charge on any atom is -0.325 e. The summed E-state index contributed by atoms with van der Waals surface area (Å²) in [5, 5.41) is 3.06. The van der Waals surface area contributed by atoms with Crippen LogP contribution >= 0.6 is 11.8 Å². The lowest BCUT2D eigenvalue weighted by molar-refractivity contribution is -0.115. The Labute approximate surface area is 181 Å². The fraction of sp³-hybridized carbons (Fsp3) is 0.238. The van der Waals surface area contributed by atoms with E-state index < -0.39 is 15.3 Å². The molecule has 0 fully saturated rings. The Balaban J connectivity index is 1.75. The highest BCUT2D eigenvalue weighted by Crippen LogP contribution is 2.27. The second kappa shape index (κ2) is 9.03. The Kier molecular flexibility index (Phi) is 6.64. The maximum atomic E-state index is 12.7. The summed E-state index contributed by atoms with van der Waals surface area (Å²) in [5.74, 6) is -0.237. The fourth-order valence-electron chi connectivity index (χ4n) is 2.79. The second-order valence-electron chi connectivity index (χ2n) is 6.93. The molecular formula is C21H24N4O3S2. The standard InChI is InChI=1S/C21H24N4O3S2/c1-15-8-5-6-11-19(15)25-13-12-22-21(25)29-16(2)20(26)23-17-9-7-10-18(14-17)30(27,28)24(3)4/h5-14,16H,1-4H3,(H,23,26)/t16-/m0/s1. The number of hydrogen-bond acceptors (Lipinski definition) is 5. The molecule has 9 heteroatoms. The van der Waals surface area contributed by atoms with Gasteiger partial charge < -0.3 is 5.32 Å². The molecule has 0 unspecified atom stereocenters. The summed E-state index contributed by atoms with van der Waals surface area (Å²) in [6, 6.07) is 14.2. The molecule has 1 atom stereocenters. The molecule has 2 aromatic carbocycles. The predicted octanol–water partition coefficient (Wildman–Crippen LogP) is 3.55. The van der Waals surface area contributed by atoms with Crippen LogP contribution in [-0.2, 0) is 14.8 Å². The Morgan fingerprint density at radius 1 is 1.17 bits per heavy atom. The normalized spacial score (nSPS) is 12.7. The van der Waals surface area contributed by atoms with E-state index in [9.17, 15) is 13.2 Å². The predicted molar refractivity (Wildman–Crippen MR) is 120 cm³/mol. The third kappa shape index (κ3) is 4.75. The Morgan fingerprint density at radius 3 is 2.60 bits per heavy atom. The summed E-state index contributed by atoms with van der Waals surface area (Å²) in [6.07, 6.45) is 3.57. The zero-order valence-corrected chi connectivity index (χ0v) is 18.9. The first-order valence-electron chi connectivity index (χ1n) is 9.29. The first-order valence-corrected chi connectivity index (χ1v) is 11.6. The number of carbonyl (C=O) groups excluding carboxylic acids is 1. The average Bonchev–Trinajstić information content (AvgIpc) is 3.16. The number of imidazole rings is 1. The summed E-state index contributed by atoms with van der Waals surface area (Å²) < 4.78 is 27.7. The molecule has 7 nitrogen and oxygen atoms in total. The van der Waals surface area contributed by atoms with Crippen molar-refractivity contribution < 1.29 is 13.2 Å². The molecule has 1 heterocycles. The highest BCUT2D eigenvalue weighted by molar-refractivity contribution is 8.00. The van der Waals surface area contributed by atoms with E-state index in [1.807, 2.05) is 42.0 Å². The number of aryl methyl sites for hydroxylation is 1. The number of benzene rings is 2. The number of amides is 1. The van der Waals surface area contributed by atoms with E-state index in [1.54, 1.807) is 25.3 Å². The Hall–Kier alpha value is -2.62. The van der Waals surface area contributed by atoms with Crippen molar-refractivity contribution >= 4 is 33.4 Å². The summed E-state index contributed by atoms with van der Waals surface area (Å²) in [6.45, 7) is 3.81. The molecule has 0 radical (unpaired) electrons. The van der Waals surface area contributed by atoms with Gasteiger partial charge in [-0.3, -0.25) is 9.36 Å². The molecule has 1 amide bonds. The molecule has 3 aromatic rings. The number of sulfonamides is 1. The lowest BCUT2D eigenvalue weighted by Crippen LogP contribution is -2.24. The highest BCUT2D eigenvalue weighted by atomic mass is 32.2. The van der Waals surface area contributed by atoms with Gasteiger partial charge in [0, 0.05) is 32.2 Å². The van der Waals surface area contributed by atoms with Gasteiger partial charge in [-0.1, -0.05) is 36.0 Å². The van der Waals surface area contributed by atoms with Crippen molar-refractivity contribution in [3.05, 3.63) is 66.5 Å². The van der Waals surface area contributed by atoms with Gasteiger partial charge in [-0.2, -0.15) is 0 Å². The molecule has 30 heavy (non-hydrogen) atoms. The first-order chi connectivity index (χ1) is 14.2. The van der Waals surface area contributed by atoms with Gasteiger partial charge >= 0.3 is 0 Å². The van der Waals surface area contributed by atoms with E-state index in [0.717, 1.165) is 15.6 Å². The molecule has 0 spiro atoms. The molecule has 0 bridgehead atoms. The Bertz CT molecular complexity index is 1160. The van der Waals surface area contributed by atoms with E-state index in [2.05, 4.69) is 10.3 Å². The minimum atomic E-state index is -3.57. The van der Waals surface area contributed by atoms with Crippen molar-refractivity contribution in [1.82, 2.24) is 13.9 Å². The molecule has 0 aliphatic heterocycles. The topological polar surface area (TPSA) is 84.3 Å². The number of rotatable bonds is 7. The highest BCUT2D eigenvalue weighted by Gasteiger charge is 2.20. The van der Waals surface area contributed by atoms with Crippen LogP contribution in [0.25, 0.3) is 5.69 Å². The largest absolute Gasteiger partial charge is 0.325 e. The molecule has 1 N–H and O–H groups in total. The van der Waals surface area contributed by atoms with Crippen molar-refractivity contribution in [3.63, 3.8) is 0 Å². The number of anilines is 1. The van der Waals surface area contributed by atoms with E-state index in [0.29, 0.717) is 10.8 Å². The maximum absolute atomic E-state index is 12.7. The summed E-state index contributed by atoms with van der Waals surface area (Å²) in [7, 11) is -0.637. The average molecular weight is 445 g/mol. The van der Waals surface area contributed by atoms with Crippen LogP contribution in [0, 0.1) is 6.92 Å². The monoisotopic (exact) mass is 444 g/mol. The molecule has 3 rings (SSSR count). The van der Waals surface area contributed by atoms with Gasteiger partial charge in [0.1, 0.15) is 0 Å². The van der Waals surface area contributed by atoms with Gasteiger partial charge in [0.05, 0.1) is 15.8 Å². The third-order valence-electron chi connectivity index (χ3n) is 4.51. The van der Waals surface area contributed by atoms with E-state index in [-0.39, 0.29) is 10.8 Å². The number of para-hydroxylation sites is 1. The van der Waals surface area contributed by atoms with Gasteiger partial charge in [0.25, 0.3) is 0 Å². The molecule has 1 aromatic heterocycles. The molecule has 0 aliphatic carbocycles. The number of nitrogens with zero attached hydrogens (tertiary/aromatic N) is 3. The van der Waals surface area contributed by atoms with Crippen molar-refractivity contribution in [3.8, 4) is 5.69 Å². The van der Waals surface area contributed by atoms with Crippen molar-refractivity contribution in [2.24, 2.45) is 0 Å². The lowest BCUT2D eigenvalue weighted by Gasteiger charge is -2.15. The molecule has 0 saturated carbocycles. The molecule has 158 valence electrons. The van der Waals surface area contributed by atoms with Crippen LogP contribution in [-0.4, -0.2) is 47.5 Å². The van der Waals surface area contributed by atoms with Gasteiger partial charge in [0.2, 0.25) is 15.9 Å². The van der Waals surface area contributed by atoms with Crippen LogP contribution in [0.1, 0.15) is 12.5 Å². The van der Waals surface area contributed by atoms with E-state index >= 15 is 0 Å². The zero-order valence-electron chi connectivity index (χ0n) is 17.2. The Morgan fingerprint density at radius 2 is 1.90 bits per heavy atom. The fourth-order valence-corrected chi connectivity index (χ4v) is 4.62. The van der Waals surface area contributed by atoms with Gasteiger partial charge in [-0.15, -0.1) is 0 Å². The number of hydrogen-bond donors (Lipinski definition) is 1. The molecule has 0 saturated heterocycles. The number of nitrogens with one attached hydrogen (secondary N) is 1. The van der Waals surface area contributed by atoms with Crippen molar-refractivity contribution in [2.45, 2.75) is 29.1 Å². The first kappa shape index (κ1) is 22.1. The second-order valence-corrected chi connectivity index (χ2v) is 10.4. The smallest absolute Gasteiger partial charge is 0.242 e. The molecular weight excluding hydrogens is 420 g/mol. The van der Waals surface area contributed by atoms with Crippen LogP contribution in [0.15, 0.2) is 71.0 Å². The SMILES string of the molecule is Cc1ccccc1-n1ccnc1S[C@@H](C)C(=O)Nc1cccc(S(=O)(=O)N(C)C)c1. The van der Waals surface area contributed by atoms with Crippen LogP contribution in [0.5, 0.6) is 0 Å². The summed E-state index contributed by atoms with van der Waals surface area (Å²) in [4.78, 5) is 17.2. The van der Waals surface area contributed by atoms with Gasteiger partial charge in [0.15, 0.2) is 5.16 Å². The van der Waals surface area contributed by atoms with Crippen LogP contribution in [0.3, 0.4) is 0 Å². The lowest BCUT2D eigenvalue weighted by atomic mass is 10.2. The third-order valence-corrected chi connectivity index (χ3v) is 7.40. The van der Waals surface area contributed by atoms with Crippen molar-refractivity contribution in [2.75, 3.05) is 19.4 Å². The number of carbonyl (C=O) groups is 1. The quantitative estimate of drug-likeness (QED) is 0.564. The maximum Gasteiger partial charge on any atom is 0.242 e. The van der Waals surface area contributed by atoms with Crippen molar-refractivity contribution in [1.29, 1.82) is 0 Å². The number of aromatic nitrogens is 2. The minimum absolute atomic E-state index is 0.126. The van der Waals surface area contributed by atoms with Gasteiger partial charge in [-0.05, 0) is 43.7 Å². The van der Waals surface area contributed by atoms with Crippen LogP contribution in [0.2, 0.25) is 0 Å². The van der Waals surface area contributed by atoms with Crippen LogP contribution in [0.4, 0.5) is 5.69 Å². The summed E-state index contributed by atoms with van der Waals surface area (Å²) in [5.41, 5.74) is 2.54. The summed E-state index contributed by atoms with van der Waals surface area (Å²) >= 11 is 1.34. The zero-order chi connectivity index (χ0) is 21.9. The van der Waals surface area contributed by atoms with E-state index in [1.165, 1.54) is 38.0 Å². The van der Waals surface area contributed by atoms with Crippen LogP contribution < -0.4 is 5.32 Å². The van der Waals surface area contributed by atoms with E-state index in [4.69, 9.17) is 0 Å². The van der Waals surface area contributed by atoms with Gasteiger partial charge in [-0.25, -0.2) is 17.7 Å².